The van der Waals surface area contributed by atoms with Crippen LogP contribution in [0.4, 0.5) is 5.69 Å². The van der Waals surface area contributed by atoms with Crippen LogP contribution < -0.4 is 10.5 Å². The first kappa shape index (κ1) is 14.8. The first-order valence-electron chi connectivity index (χ1n) is 5.28. The number of thiophene rings is 1. The largest absolute Gasteiger partial charge is 0.409 e. The van der Waals surface area contributed by atoms with Crippen molar-refractivity contribution in [2.45, 2.75) is 4.21 Å². The molecule has 0 fully saturated rings. The molecule has 20 heavy (non-hydrogen) atoms. The zero-order valence-electron chi connectivity index (χ0n) is 9.95. The Morgan fingerprint density at radius 3 is 2.40 bits per heavy atom. The standard InChI is InChI=1S/C11H10BrN3O3S2/c12-9-5-6-10(19-9)20(17,18)15-8-3-1-7(2-4-8)11(13)14-16/h1-6,15-16H,(H2,13,14). The van der Waals surface area contributed by atoms with Crippen molar-refractivity contribution in [3.05, 3.63) is 45.7 Å². The molecule has 0 saturated carbocycles. The molecule has 0 unspecified atom stereocenters. The quantitative estimate of drug-likeness (QED) is 0.330. The molecule has 0 bridgehead atoms. The maximum absolute atomic E-state index is 12.1. The minimum absolute atomic E-state index is 0.0402. The van der Waals surface area contributed by atoms with Gasteiger partial charge in [0.1, 0.15) is 4.21 Å². The summed E-state index contributed by atoms with van der Waals surface area (Å²) in [5.74, 6) is -0.0402. The van der Waals surface area contributed by atoms with Gasteiger partial charge in [-0.25, -0.2) is 8.42 Å². The van der Waals surface area contributed by atoms with Crippen molar-refractivity contribution in [3.8, 4) is 0 Å². The Balaban J connectivity index is 2.22. The summed E-state index contributed by atoms with van der Waals surface area (Å²) in [7, 11) is -3.60. The van der Waals surface area contributed by atoms with E-state index in [1.54, 1.807) is 18.2 Å². The Bertz CT molecular complexity index is 739. The molecular weight excluding hydrogens is 366 g/mol. The highest BCUT2D eigenvalue weighted by Gasteiger charge is 2.16. The fourth-order valence-electron chi connectivity index (χ4n) is 1.41. The average Bonchev–Trinajstić information content (AvgIpc) is 2.86. The smallest absolute Gasteiger partial charge is 0.271 e. The predicted octanol–water partition coefficient (Wildman–Crippen LogP) is 2.41. The van der Waals surface area contributed by atoms with Crippen molar-refractivity contribution >= 4 is 48.8 Å². The minimum Gasteiger partial charge on any atom is -0.409 e. The van der Waals surface area contributed by atoms with Crippen LogP contribution in [0.2, 0.25) is 0 Å². The van der Waals surface area contributed by atoms with Crippen LogP contribution >= 0.6 is 27.3 Å². The molecule has 1 aromatic carbocycles. The summed E-state index contributed by atoms with van der Waals surface area (Å²) >= 11 is 4.34. The molecule has 1 heterocycles. The van der Waals surface area contributed by atoms with Gasteiger partial charge in [0, 0.05) is 11.3 Å². The molecular formula is C11H10BrN3O3S2. The number of hydrogen-bond acceptors (Lipinski definition) is 5. The number of nitrogens with two attached hydrogens (primary N) is 1. The topological polar surface area (TPSA) is 105 Å². The normalized spacial score (nSPS) is 12.3. The molecule has 0 radical (unpaired) electrons. The summed E-state index contributed by atoms with van der Waals surface area (Å²) in [6, 6.07) is 9.36. The summed E-state index contributed by atoms with van der Waals surface area (Å²) in [5, 5.41) is 11.4. The van der Waals surface area contributed by atoms with Gasteiger partial charge in [0.25, 0.3) is 10.0 Å². The summed E-state index contributed by atoms with van der Waals surface area (Å²) in [6.07, 6.45) is 0. The lowest BCUT2D eigenvalue weighted by Gasteiger charge is -2.06. The Hall–Kier alpha value is -1.58. The molecule has 9 heteroatoms. The minimum atomic E-state index is -3.60. The van der Waals surface area contributed by atoms with Gasteiger partial charge in [0.15, 0.2) is 5.84 Å². The first-order valence-corrected chi connectivity index (χ1v) is 8.38. The lowest BCUT2D eigenvalue weighted by Crippen LogP contribution is -2.14. The second-order valence-electron chi connectivity index (χ2n) is 3.73. The number of rotatable bonds is 4. The highest BCUT2D eigenvalue weighted by Crippen LogP contribution is 2.27. The van der Waals surface area contributed by atoms with Crippen LogP contribution in [0.5, 0.6) is 0 Å². The molecule has 6 nitrogen and oxygen atoms in total. The van der Waals surface area contributed by atoms with E-state index in [1.807, 2.05) is 0 Å². The van der Waals surface area contributed by atoms with E-state index in [0.29, 0.717) is 11.3 Å². The van der Waals surface area contributed by atoms with Crippen LogP contribution in [0.3, 0.4) is 0 Å². The van der Waals surface area contributed by atoms with Crippen molar-refractivity contribution in [3.63, 3.8) is 0 Å². The lowest BCUT2D eigenvalue weighted by atomic mass is 10.2. The number of amidine groups is 1. The van der Waals surface area contributed by atoms with E-state index in [0.717, 1.165) is 15.1 Å². The number of benzene rings is 1. The van der Waals surface area contributed by atoms with E-state index < -0.39 is 10.0 Å². The Morgan fingerprint density at radius 1 is 1.25 bits per heavy atom. The molecule has 0 saturated heterocycles. The summed E-state index contributed by atoms with van der Waals surface area (Å²) < 4.78 is 27.6. The molecule has 0 aliphatic rings. The van der Waals surface area contributed by atoms with Crippen LogP contribution in [0.15, 0.2) is 49.5 Å². The first-order chi connectivity index (χ1) is 9.42. The number of oxime groups is 1. The maximum Gasteiger partial charge on any atom is 0.271 e. The fourth-order valence-corrected chi connectivity index (χ4v) is 4.48. The van der Waals surface area contributed by atoms with E-state index in [9.17, 15) is 8.42 Å². The number of anilines is 1. The van der Waals surface area contributed by atoms with Gasteiger partial charge in [-0.3, -0.25) is 4.72 Å². The number of nitrogens with one attached hydrogen (secondary N) is 1. The number of hydrogen-bond donors (Lipinski definition) is 3. The molecule has 0 aliphatic heterocycles. The summed E-state index contributed by atoms with van der Waals surface area (Å²) in [6.45, 7) is 0. The zero-order valence-corrected chi connectivity index (χ0v) is 13.2. The SMILES string of the molecule is N/C(=N/O)c1ccc(NS(=O)(=O)c2ccc(Br)s2)cc1. The van der Waals surface area contributed by atoms with Crippen molar-refractivity contribution in [2.24, 2.45) is 10.9 Å². The van der Waals surface area contributed by atoms with E-state index in [1.165, 1.54) is 18.2 Å². The van der Waals surface area contributed by atoms with Crippen LogP contribution in [0, 0.1) is 0 Å². The predicted molar refractivity (Wildman–Crippen MR) is 81.8 cm³/mol. The number of halogens is 1. The van der Waals surface area contributed by atoms with Gasteiger partial charge >= 0.3 is 0 Å². The third-order valence-electron chi connectivity index (χ3n) is 2.35. The molecule has 2 aromatic rings. The molecule has 4 N–H and O–H groups in total. The zero-order chi connectivity index (χ0) is 14.8. The van der Waals surface area contributed by atoms with Crippen molar-refractivity contribution in [1.82, 2.24) is 0 Å². The second kappa shape index (κ2) is 5.81. The van der Waals surface area contributed by atoms with Crippen molar-refractivity contribution < 1.29 is 13.6 Å². The third kappa shape index (κ3) is 3.30. The molecule has 0 aliphatic carbocycles. The maximum atomic E-state index is 12.1. The van der Waals surface area contributed by atoms with E-state index in [2.05, 4.69) is 25.8 Å². The van der Waals surface area contributed by atoms with E-state index >= 15 is 0 Å². The van der Waals surface area contributed by atoms with Gasteiger partial charge in [-0.15, -0.1) is 11.3 Å². The van der Waals surface area contributed by atoms with Gasteiger partial charge in [-0.2, -0.15) is 0 Å². The Labute approximate surface area is 128 Å². The molecule has 106 valence electrons. The molecule has 0 spiro atoms. The van der Waals surface area contributed by atoms with Gasteiger partial charge in [0.2, 0.25) is 0 Å². The highest BCUT2D eigenvalue weighted by atomic mass is 79.9. The number of sulfonamides is 1. The van der Waals surface area contributed by atoms with Gasteiger partial charge < -0.3 is 10.9 Å². The van der Waals surface area contributed by atoms with Gasteiger partial charge in [0.05, 0.1) is 3.79 Å². The van der Waals surface area contributed by atoms with E-state index in [4.69, 9.17) is 10.9 Å². The van der Waals surface area contributed by atoms with Crippen molar-refractivity contribution in [2.75, 3.05) is 4.72 Å². The van der Waals surface area contributed by atoms with Crippen LogP contribution in [0.1, 0.15) is 5.56 Å². The van der Waals surface area contributed by atoms with Crippen molar-refractivity contribution in [1.29, 1.82) is 0 Å². The third-order valence-corrected chi connectivity index (χ3v) is 5.85. The molecule has 0 atom stereocenters. The van der Waals surface area contributed by atoms with E-state index in [-0.39, 0.29) is 10.0 Å². The van der Waals surface area contributed by atoms with Crippen LogP contribution in [0.25, 0.3) is 0 Å². The Morgan fingerprint density at radius 2 is 1.90 bits per heavy atom. The van der Waals surface area contributed by atoms with Crippen LogP contribution in [-0.2, 0) is 10.0 Å². The van der Waals surface area contributed by atoms with Crippen LogP contribution in [-0.4, -0.2) is 19.5 Å². The summed E-state index contributed by atoms with van der Waals surface area (Å²) in [5.41, 5.74) is 6.31. The van der Waals surface area contributed by atoms with Gasteiger partial charge in [-0.05, 0) is 52.3 Å². The molecule has 2 rings (SSSR count). The molecule has 0 amide bonds. The lowest BCUT2D eigenvalue weighted by molar-refractivity contribution is 0.318. The van der Waals surface area contributed by atoms with Gasteiger partial charge in [-0.1, -0.05) is 5.16 Å². The average molecular weight is 376 g/mol. The fraction of sp³-hybridized carbons (Fsp3) is 0. The molecule has 1 aromatic heterocycles. The second-order valence-corrected chi connectivity index (χ2v) is 8.10. The highest BCUT2D eigenvalue weighted by molar-refractivity contribution is 9.11. The number of nitrogens with zero attached hydrogens (tertiary/aromatic N) is 1. The monoisotopic (exact) mass is 375 g/mol. The Kier molecular flexibility index (Phi) is 4.31. The summed E-state index contributed by atoms with van der Waals surface area (Å²) in [4.78, 5) is 0.